The molecule has 25 heavy (non-hydrogen) atoms. The predicted molar refractivity (Wildman–Crippen MR) is 102 cm³/mol. The van der Waals surface area contributed by atoms with Crippen molar-refractivity contribution in [2.75, 3.05) is 19.4 Å². The van der Waals surface area contributed by atoms with Crippen molar-refractivity contribution in [2.24, 2.45) is 0 Å². The summed E-state index contributed by atoms with van der Waals surface area (Å²) < 4.78 is 5.22. The van der Waals surface area contributed by atoms with E-state index in [-0.39, 0.29) is 11.9 Å². The van der Waals surface area contributed by atoms with Crippen molar-refractivity contribution in [1.82, 2.24) is 9.88 Å². The van der Waals surface area contributed by atoms with Gasteiger partial charge in [-0.2, -0.15) is 11.8 Å². The Morgan fingerprint density at radius 3 is 2.84 bits per heavy atom. The van der Waals surface area contributed by atoms with Crippen LogP contribution < -0.4 is 4.74 Å². The van der Waals surface area contributed by atoms with Gasteiger partial charge in [0.05, 0.1) is 18.8 Å². The van der Waals surface area contributed by atoms with Crippen LogP contribution in [0.5, 0.6) is 5.75 Å². The van der Waals surface area contributed by atoms with Gasteiger partial charge >= 0.3 is 0 Å². The fourth-order valence-corrected chi connectivity index (χ4v) is 4.04. The lowest BCUT2D eigenvalue weighted by atomic mass is 10.0. The molecule has 1 aliphatic rings. The van der Waals surface area contributed by atoms with Gasteiger partial charge in [-0.1, -0.05) is 18.2 Å². The van der Waals surface area contributed by atoms with Crippen LogP contribution in [-0.4, -0.2) is 35.2 Å². The van der Waals surface area contributed by atoms with E-state index in [1.165, 1.54) is 5.56 Å². The summed E-state index contributed by atoms with van der Waals surface area (Å²) in [6, 6.07) is 14.2. The number of amides is 1. The van der Waals surface area contributed by atoms with Crippen LogP contribution in [0.4, 0.5) is 0 Å². The first-order valence-corrected chi connectivity index (χ1v) is 9.84. The third kappa shape index (κ3) is 4.75. The lowest BCUT2D eigenvalue weighted by molar-refractivity contribution is -0.131. The number of methoxy groups -OCH3 is 1. The SMILES string of the molecule is COc1ccc([C@H]2CCCN2C(=O)CCSCc2ccccn2)cc1. The molecule has 0 spiro atoms. The Labute approximate surface area is 153 Å². The predicted octanol–water partition coefficient (Wildman–Crippen LogP) is 4.08. The van der Waals surface area contributed by atoms with Gasteiger partial charge in [-0.05, 0) is 42.7 Å². The van der Waals surface area contributed by atoms with Crippen molar-refractivity contribution in [1.29, 1.82) is 0 Å². The molecule has 3 rings (SSSR count). The van der Waals surface area contributed by atoms with E-state index in [1.54, 1.807) is 18.9 Å². The van der Waals surface area contributed by atoms with Gasteiger partial charge < -0.3 is 9.64 Å². The summed E-state index contributed by atoms with van der Waals surface area (Å²) in [5.41, 5.74) is 2.27. The summed E-state index contributed by atoms with van der Waals surface area (Å²) in [5, 5.41) is 0. The van der Waals surface area contributed by atoms with Crippen molar-refractivity contribution in [3.8, 4) is 5.75 Å². The molecule has 1 aromatic carbocycles. The van der Waals surface area contributed by atoms with Crippen LogP contribution in [0.15, 0.2) is 48.7 Å². The molecule has 132 valence electrons. The van der Waals surface area contributed by atoms with Gasteiger partial charge in [0.15, 0.2) is 0 Å². The van der Waals surface area contributed by atoms with Crippen molar-refractivity contribution < 1.29 is 9.53 Å². The van der Waals surface area contributed by atoms with E-state index in [4.69, 9.17) is 4.74 Å². The maximum Gasteiger partial charge on any atom is 0.223 e. The van der Waals surface area contributed by atoms with Crippen LogP contribution in [0.1, 0.15) is 36.6 Å². The second-order valence-electron chi connectivity index (χ2n) is 6.14. The molecule has 0 radical (unpaired) electrons. The average Bonchev–Trinajstić information content (AvgIpc) is 3.16. The first-order chi connectivity index (χ1) is 12.3. The molecule has 2 heterocycles. The van der Waals surface area contributed by atoms with Gasteiger partial charge in [-0.3, -0.25) is 9.78 Å². The minimum Gasteiger partial charge on any atom is -0.497 e. The zero-order chi connectivity index (χ0) is 17.5. The Kier molecular flexibility index (Phi) is 6.34. The molecule has 0 bridgehead atoms. The second-order valence-corrected chi connectivity index (χ2v) is 7.25. The molecule has 1 aliphatic heterocycles. The average molecular weight is 356 g/mol. The number of benzene rings is 1. The van der Waals surface area contributed by atoms with Crippen molar-refractivity contribution in [2.45, 2.75) is 31.1 Å². The Bertz CT molecular complexity index is 676. The summed E-state index contributed by atoms with van der Waals surface area (Å²) in [6.07, 6.45) is 4.51. The summed E-state index contributed by atoms with van der Waals surface area (Å²) in [7, 11) is 1.67. The zero-order valence-corrected chi connectivity index (χ0v) is 15.4. The number of hydrogen-bond donors (Lipinski definition) is 0. The molecule has 0 N–H and O–H groups in total. The molecule has 0 unspecified atom stereocenters. The molecule has 5 heteroatoms. The standard InChI is InChI=1S/C20H24N2O2S/c1-24-18-9-7-16(8-10-18)19-6-4-13-22(19)20(23)11-14-25-15-17-5-2-3-12-21-17/h2-3,5,7-10,12,19H,4,6,11,13-15H2,1H3/t19-/m1/s1. The number of nitrogens with zero attached hydrogens (tertiary/aromatic N) is 2. The molecule has 1 amide bonds. The fourth-order valence-electron chi connectivity index (χ4n) is 3.20. The number of carbonyl (C=O) groups excluding carboxylic acids is 1. The molecular weight excluding hydrogens is 332 g/mol. The quantitative estimate of drug-likeness (QED) is 0.701. The zero-order valence-electron chi connectivity index (χ0n) is 14.6. The molecule has 1 fully saturated rings. The number of pyridine rings is 1. The van der Waals surface area contributed by atoms with Gasteiger partial charge in [0, 0.05) is 30.7 Å². The smallest absolute Gasteiger partial charge is 0.223 e. The van der Waals surface area contributed by atoms with Gasteiger partial charge in [-0.25, -0.2) is 0 Å². The highest BCUT2D eigenvalue weighted by Crippen LogP contribution is 2.33. The normalized spacial score (nSPS) is 16.8. The maximum atomic E-state index is 12.6. The first-order valence-electron chi connectivity index (χ1n) is 8.69. The topological polar surface area (TPSA) is 42.4 Å². The Morgan fingerprint density at radius 1 is 1.28 bits per heavy atom. The van der Waals surface area contributed by atoms with E-state index in [0.717, 1.165) is 42.3 Å². The number of hydrogen-bond acceptors (Lipinski definition) is 4. The molecule has 1 atom stereocenters. The largest absolute Gasteiger partial charge is 0.497 e. The number of carbonyl (C=O) groups is 1. The van der Waals surface area contributed by atoms with E-state index >= 15 is 0 Å². The Morgan fingerprint density at radius 2 is 2.12 bits per heavy atom. The fraction of sp³-hybridized carbons (Fsp3) is 0.400. The first kappa shape index (κ1) is 17.8. The number of likely N-dealkylation sites (tertiary alicyclic amines) is 1. The third-order valence-electron chi connectivity index (χ3n) is 4.51. The minimum absolute atomic E-state index is 0.208. The van der Waals surface area contributed by atoms with E-state index in [9.17, 15) is 4.79 Å². The highest BCUT2D eigenvalue weighted by Gasteiger charge is 2.29. The van der Waals surface area contributed by atoms with Crippen LogP contribution >= 0.6 is 11.8 Å². The Hall–Kier alpha value is -2.01. The highest BCUT2D eigenvalue weighted by molar-refractivity contribution is 7.98. The number of ether oxygens (including phenoxy) is 1. The maximum absolute atomic E-state index is 12.6. The second kappa shape index (κ2) is 8.90. The van der Waals surface area contributed by atoms with Gasteiger partial charge in [-0.15, -0.1) is 0 Å². The lowest BCUT2D eigenvalue weighted by Gasteiger charge is -2.25. The molecule has 0 aliphatic carbocycles. The molecule has 2 aromatic rings. The molecule has 0 saturated carbocycles. The van der Waals surface area contributed by atoms with E-state index in [0.29, 0.717) is 6.42 Å². The minimum atomic E-state index is 0.208. The van der Waals surface area contributed by atoms with E-state index in [1.807, 2.05) is 41.4 Å². The van der Waals surface area contributed by atoms with Crippen molar-refractivity contribution in [3.05, 3.63) is 59.9 Å². The highest BCUT2D eigenvalue weighted by atomic mass is 32.2. The summed E-state index contributed by atoms with van der Waals surface area (Å²) in [6.45, 7) is 0.862. The Balaban J connectivity index is 1.50. The van der Waals surface area contributed by atoms with Crippen LogP contribution in [0.2, 0.25) is 0 Å². The third-order valence-corrected chi connectivity index (χ3v) is 5.50. The lowest BCUT2D eigenvalue weighted by Crippen LogP contribution is -2.30. The number of rotatable bonds is 7. The van der Waals surface area contributed by atoms with Gasteiger partial charge in [0.2, 0.25) is 5.91 Å². The van der Waals surface area contributed by atoms with Crippen LogP contribution in [0.25, 0.3) is 0 Å². The summed E-state index contributed by atoms with van der Waals surface area (Å²) >= 11 is 1.77. The van der Waals surface area contributed by atoms with Crippen LogP contribution in [0.3, 0.4) is 0 Å². The molecule has 1 saturated heterocycles. The van der Waals surface area contributed by atoms with Crippen molar-refractivity contribution in [3.63, 3.8) is 0 Å². The monoisotopic (exact) mass is 356 g/mol. The molecule has 1 aromatic heterocycles. The van der Waals surface area contributed by atoms with Crippen molar-refractivity contribution >= 4 is 17.7 Å². The van der Waals surface area contributed by atoms with Crippen LogP contribution in [0, 0.1) is 0 Å². The molecule has 4 nitrogen and oxygen atoms in total. The van der Waals surface area contributed by atoms with Gasteiger partial charge in [0.25, 0.3) is 0 Å². The summed E-state index contributed by atoms with van der Waals surface area (Å²) in [4.78, 5) is 19.0. The number of thioether (sulfide) groups is 1. The van der Waals surface area contributed by atoms with E-state index < -0.39 is 0 Å². The van der Waals surface area contributed by atoms with Gasteiger partial charge in [0.1, 0.15) is 5.75 Å². The summed E-state index contributed by atoms with van der Waals surface area (Å²) in [5.74, 6) is 2.80. The van der Waals surface area contributed by atoms with Crippen LogP contribution in [-0.2, 0) is 10.5 Å². The number of aromatic nitrogens is 1. The van der Waals surface area contributed by atoms with E-state index in [2.05, 4.69) is 17.1 Å². The molecular formula is C20H24N2O2S.